The van der Waals surface area contributed by atoms with Crippen LogP contribution in [0.25, 0.3) is 0 Å². The van der Waals surface area contributed by atoms with E-state index in [0.717, 1.165) is 38.1 Å². The van der Waals surface area contributed by atoms with E-state index < -0.39 is 0 Å². The third kappa shape index (κ3) is 2.57. The van der Waals surface area contributed by atoms with Crippen LogP contribution in [0.15, 0.2) is 6.33 Å². The van der Waals surface area contributed by atoms with Crippen molar-refractivity contribution in [2.45, 2.75) is 57.9 Å². The van der Waals surface area contributed by atoms with E-state index in [1.165, 1.54) is 6.42 Å². The minimum Gasteiger partial charge on any atom is -0.250 e. The minimum atomic E-state index is 0.324. The summed E-state index contributed by atoms with van der Waals surface area (Å²) in [7, 11) is 0. The summed E-state index contributed by atoms with van der Waals surface area (Å²) in [6.07, 6.45) is 7.23. The van der Waals surface area contributed by atoms with Crippen molar-refractivity contribution in [2.75, 3.05) is 0 Å². The number of aromatic nitrogens is 3. The predicted octanol–water partition coefficient (Wildman–Crippen LogP) is 3.03. The summed E-state index contributed by atoms with van der Waals surface area (Å²) < 4.78 is 2.03. The first kappa shape index (κ1) is 11.9. The van der Waals surface area contributed by atoms with Crippen LogP contribution in [0.5, 0.6) is 0 Å². The Bertz CT molecular complexity index is 350. The molecule has 3 nitrogen and oxygen atoms in total. The topological polar surface area (TPSA) is 30.7 Å². The highest BCUT2D eigenvalue weighted by Gasteiger charge is 2.35. The Kier molecular flexibility index (Phi) is 3.53. The molecule has 2 unspecified atom stereocenters. The Balaban J connectivity index is 2.05. The zero-order chi connectivity index (χ0) is 11.6. The maximum atomic E-state index is 6.19. The van der Waals surface area contributed by atoms with E-state index in [1.54, 1.807) is 6.33 Å². The van der Waals surface area contributed by atoms with Crippen molar-refractivity contribution < 1.29 is 0 Å². The van der Waals surface area contributed by atoms with Crippen LogP contribution in [0, 0.1) is 5.41 Å². The Labute approximate surface area is 102 Å². The number of nitrogens with zero attached hydrogens (tertiary/aromatic N) is 3. The minimum absolute atomic E-state index is 0.324. The van der Waals surface area contributed by atoms with Gasteiger partial charge in [0, 0.05) is 18.3 Å². The first-order valence-corrected chi connectivity index (χ1v) is 6.57. The van der Waals surface area contributed by atoms with Crippen LogP contribution >= 0.6 is 11.6 Å². The van der Waals surface area contributed by atoms with E-state index in [4.69, 9.17) is 11.6 Å². The average molecular weight is 242 g/mol. The maximum absolute atomic E-state index is 6.19. The van der Waals surface area contributed by atoms with Gasteiger partial charge >= 0.3 is 0 Å². The molecule has 0 spiro atoms. The molecule has 0 bridgehead atoms. The van der Waals surface area contributed by atoms with Crippen molar-refractivity contribution in [2.24, 2.45) is 5.41 Å². The smallest absolute Gasteiger partial charge is 0.138 e. The lowest BCUT2D eigenvalue weighted by Gasteiger charge is -2.23. The van der Waals surface area contributed by atoms with Crippen molar-refractivity contribution >= 4 is 11.6 Å². The maximum Gasteiger partial charge on any atom is 0.138 e. The molecule has 1 aromatic heterocycles. The predicted molar refractivity (Wildman–Crippen MR) is 65.6 cm³/mol. The van der Waals surface area contributed by atoms with E-state index >= 15 is 0 Å². The zero-order valence-electron chi connectivity index (χ0n) is 10.1. The molecular weight excluding hydrogens is 222 g/mol. The van der Waals surface area contributed by atoms with Gasteiger partial charge in [-0.25, -0.2) is 4.98 Å². The molecule has 0 N–H and O–H groups in total. The van der Waals surface area contributed by atoms with Crippen molar-refractivity contribution in [1.82, 2.24) is 14.8 Å². The first-order valence-electron chi connectivity index (χ1n) is 6.14. The van der Waals surface area contributed by atoms with Crippen LogP contribution in [0.2, 0.25) is 0 Å². The number of hydrogen-bond acceptors (Lipinski definition) is 2. The number of alkyl halides is 1. The summed E-state index contributed by atoms with van der Waals surface area (Å²) in [5.74, 6) is 1.12. The molecule has 4 heteroatoms. The Morgan fingerprint density at radius 2 is 2.44 bits per heavy atom. The quantitative estimate of drug-likeness (QED) is 0.759. The highest BCUT2D eigenvalue weighted by Crippen LogP contribution is 2.42. The first-order chi connectivity index (χ1) is 7.63. The van der Waals surface area contributed by atoms with Gasteiger partial charge in [0.2, 0.25) is 0 Å². The van der Waals surface area contributed by atoms with E-state index in [1.807, 2.05) is 4.68 Å². The lowest BCUT2D eigenvalue weighted by Crippen LogP contribution is -2.19. The molecule has 1 aromatic rings. The molecule has 1 aliphatic carbocycles. The van der Waals surface area contributed by atoms with E-state index in [2.05, 4.69) is 23.9 Å². The number of rotatable bonds is 4. The summed E-state index contributed by atoms with van der Waals surface area (Å²) in [5.41, 5.74) is 0.324. The van der Waals surface area contributed by atoms with Gasteiger partial charge < -0.3 is 0 Å². The van der Waals surface area contributed by atoms with Crippen molar-refractivity contribution in [3.05, 3.63) is 12.2 Å². The highest BCUT2D eigenvalue weighted by molar-refractivity contribution is 6.20. The van der Waals surface area contributed by atoms with Gasteiger partial charge in [0.1, 0.15) is 12.2 Å². The van der Waals surface area contributed by atoms with Crippen LogP contribution in [-0.4, -0.2) is 20.1 Å². The van der Waals surface area contributed by atoms with E-state index in [9.17, 15) is 0 Å². The second-order valence-corrected chi connectivity index (χ2v) is 5.84. The van der Waals surface area contributed by atoms with Gasteiger partial charge in [-0.05, 0) is 31.1 Å². The Hall–Kier alpha value is -0.570. The summed E-state index contributed by atoms with van der Waals surface area (Å²) in [5, 5.41) is 4.62. The molecule has 0 aromatic carbocycles. The van der Waals surface area contributed by atoms with Gasteiger partial charge in [0.15, 0.2) is 0 Å². The Morgan fingerprint density at radius 3 is 3.06 bits per heavy atom. The molecule has 1 heterocycles. The second-order valence-electron chi connectivity index (χ2n) is 5.23. The molecule has 0 radical (unpaired) electrons. The highest BCUT2D eigenvalue weighted by atomic mass is 35.5. The Morgan fingerprint density at radius 1 is 1.62 bits per heavy atom. The van der Waals surface area contributed by atoms with Gasteiger partial charge in [0.05, 0.1) is 0 Å². The van der Waals surface area contributed by atoms with Gasteiger partial charge in [-0.1, -0.05) is 13.8 Å². The molecule has 0 saturated heterocycles. The largest absolute Gasteiger partial charge is 0.250 e. The number of hydrogen-bond donors (Lipinski definition) is 0. The van der Waals surface area contributed by atoms with E-state index in [0.29, 0.717) is 10.8 Å². The summed E-state index contributed by atoms with van der Waals surface area (Å²) in [6, 6.07) is 0. The third-order valence-electron chi connectivity index (χ3n) is 3.49. The van der Waals surface area contributed by atoms with Crippen molar-refractivity contribution in [3.63, 3.8) is 0 Å². The fraction of sp³-hybridized carbons (Fsp3) is 0.833. The standard InChI is InChI=1S/C12H20ClN3/c1-3-6-16-11(14-9-15-16)8-12(2)5-4-10(13)7-12/h9-10H,3-8H2,1-2H3. The molecule has 2 atom stereocenters. The third-order valence-corrected chi connectivity index (χ3v) is 3.86. The summed E-state index contributed by atoms with van der Waals surface area (Å²) in [6.45, 7) is 5.45. The van der Waals surface area contributed by atoms with Crippen LogP contribution in [0.1, 0.15) is 45.4 Å². The van der Waals surface area contributed by atoms with Crippen LogP contribution in [0.4, 0.5) is 0 Å². The molecule has 1 fully saturated rings. The fourth-order valence-corrected chi connectivity index (χ4v) is 3.09. The van der Waals surface area contributed by atoms with Crippen LogP contribution < -0.4 is 0 Å². The molecule has 90 valence electrons. The average Bonchev–Trinajstić information content (AvgIpc) is 2.76. The zero-order valence-corrected chi connectivity index (χ0v) is 10.9. The molecule has 16 heavy (non-hydrogen) atoms. The molecular formula is C12H20ClN3. The molecule has 1 saturated carbocycles. The summed E-state index contributed by atoms with van der Waals surface area (Å²) >= 11 is 6.19. The second kappa shape index (κ2) is 4.74. The monoisotopic (exact) mass is 241 g/mol. The molecule has 0 amide bonds. The lowest BCUT2D eigenvalue weighted by molar-refractivity contribution is 0.319. The molecule has 0 aliphatic heterocycles. The normalized spacial score (nSPS) is 29.8. The van der Waals surface area contributed by atoms with Gasteiger partial charge in [0.25, 0.3) is 0 Å². The van der Waals surface area contributed by atoms with Crippen LogP contribution in [-0.2, 0) is 13.0 Å². The van der Waals surface area contributed by atoms with Gasteiger partial charge in [-0.15, -0.1) is 11.6 Å². The molecule has 1 aliphatic rings. The SMILES string of the molecule is CCCn1ncnc1CC1(C)CCC(Cl)C1. The lowest BCUT2D eigenvalue weighted by atomic mass is 9.85. The van der Waals surface area contributed by atoms with Crippen molar-refractivity contribution in [3.8, 4) is 0 Å². The summed E-state index contributed by atoms with van der Waals surface area (Å²) in [4.78, 5) is 4.38. The van der Waals surface area contributed by atoms with Crippen LogP contribution in [0.3, 0.4) is 0 Å². The number of halogens is 1. The van der Waals surface area contributed by atoms with Crippen molar-refractivity contribution in [1.29, 1.82) is 0 Å². The number of aryl methyl sites for hydroxylation is 1. The van der Waals surface area contributed by atoms with Gasteiger partial charge in [-0.2, -0.15) is 5.10 Å². The van der Waals surface area contributed by atoms with E-state index in [-0.39, 0.29) is 0 Å². The molecule has 2 rings (SSSR count). The fourth-order valence-electron chi connectivity index (χ4n) is 2.61. The van der Waals surface area contributed by atoms with Gasteiger partial charge in [-0.3, -0.25) is 4.68 Å².